The number of aryl methyl sites for hydroxylation is 1. The Kier molecular flexibility index (Phi) is 4.20. The number of anilines is 1. The van der Waals surface area contributed by atoms with Crippen LogP contribution in [0, 0.1) is 5.92 Å². The Morgan fingerprint density at radius 3 is 2.58 bits per heavy atom. The van der Waals surface area contributed by atoms with Crippen molar-refractivity contribution < 1.29 is 0 Å². The van der Waals surface area contributed by atoms with E-state index < -0.39 is 0 Å². The summed E-state index contributed by atoms with van der Waals surface area (Å²) in [6.07, 6.45) is 2.87. The van der Waals surface area contributed by atoms with E-state index in [2.05, 4.69) is 48.4 Å². The van der Waals surface area contributed by atoms with Crippen molar-refractivity contribution in [2.45, 2.75) is 33.2 Å². The molecule has 0 spiro atoms. The lowest BCUT2D eigenvalue weighted by Crippen LogP contribution is -2.18. The second-order valence-corrected chi connectivity index (χ2v) is 5.49. The first-order chi connectivity index (χ1) is 9.08. The van der Waals surface area contributed by atoms with Gasteiger partial charge in [-0.1, -0.05) is 26.0 Å². The van der Waals surface area contributed by atoms with Gasteiger partial charge >= 0.3 is 0 Å². The van der Waals surface area contributed by atoms with E-state index >= 15 is 0 Å². The first-order valence-electron chi connectivity index (χ1n) is 6.78. The number of para-hydroxylation sites is 1. The Bertz CT molecular complexity index is 530. The van der Waals surface area contributed by atoms with Crippen LogP contribution >= 0.6 is 0 Å². The second-order valence-electron chi connectivity index (χ2n) is 5.49. The quantitative estimate of drug-likeness (QED) is 0.894. The van der Waals surface area contributed by atoms with Gasteiger partial charge in [0.15, 0.2) is 5.82 Å². The van der Waals surface area contributed by atoms with Gasteiger partial charge in [-0.15, -0.1) is 10.2 Å². The predicted molar refractivity (Wildman–Crippen MR) is 79.0 cm³/mol. The average molecular weight is 258 g/mol. The van der Waals surface area contributed by atoms with Crippen molar-refractivity contribution in [2.24, 2.45) is 13.0 Å². The highest BCUT2D eigenvalue weighted by atomic mass is 15.2. The minimum absolute atomic E-state index is 0.439. The lowest BCUT2D eigenvalue weighted by Gasteiger charge is -2.19. The molecule has 0 amide bonds. The lowest BCUT2D eigenvalue weighted by atomic mass is 10.0. The zero-order chi connectivity index (χ0) is 13.8. The first-order valence-corrected chi connectivity index (χ1v) is 6.78. The molecule has 0 bridgehead atoms. The van der Waals surface area contributed by atoms with Gasteiger partial charge in [0.2, 0.25) is 0 Å². The number of rotatable bonds is 5. The van der Waals surface area contributed by atoms with Gasteiger partial charge in [0.1, 0.15) is 6.33 Å². The van der Waals surface area contributed by atoms with E-state index in [0.29, 0.717) is 12.0 Å². The summed E-state index contributed by atoms with van der Waals surface area (Å²) in [5, 5.41) is 11.7. The van der Waals surface area contributed by atoms with E-state index in [1.807, 2.05) is 23.7 Å². The maximum atomic E-state index is 4.19. The summed E-state index contributed by atoms with van der Waals surface area (Å²) in [4.78, 5) is 0. The first kappa shape index (κ1) is 13.6. The van der Waals surface area contributed by atoms with Crippen molar-refractivity contribution in [3.05, 3.63) is 30.6 Å². The Hall–Kier alpha value is -1.84. The van der Waals surface area contributed by atoms with Crippen LogP contribution in [-0.4, -0.2) is 20.8 Å². The van der Waals surface area contributed by atoms with Gasteiger partial charge in [-0.2, -0.15) is 0 Å². The molecule has 0 aliphatic rings. The molecular formula is C15H22N4. The third-order valence-corrected chi connectivity index (χ3v) is 3.11. The Labute approximate surface area is 114 Å². The molecule has 1 N–H and O–H groups in total. The van der Waals surface area contributed by atoms with Crippen molar-refractivity contribution >= 4 is 5.69 Å². The number of aromatic nitrogens is 3. The molecule has 0 aliphatic carbocycles. The van der Waals surface area contributed by atoms with Crippen LogP contribution in [0.5, 0.6) is 0 Å². The molecule has 2 rings (SSSR count). The fourth-order valence-electron chi connectivity index (χ4n) is 2.36. The summed E-state index contributed by atoms with van der Waals surface area (Å²) in [7, 11) is 1.96. The van der Waals surface area contributed by atoms with E-state index in [0.717, 1.165) is 23.5 Å². The SMILES string of the molecule is CC(C)CC(C)Nc1ccccc1-c1nncn1C. The highest BCUT2D eigenvalue weighted by Gasteiger charge is 2.12. The van der Waals surface area contributed by atoms with Crippen molar-refractivity contribution in [3.8, 4) is 11.4 Å². The number of benzene rings is 1. The maximum absolute atomic E-state index is 4.19. The molecule has 1 aromatic carbocycles. The maximum Gasteiger partial charge on any atom is 0.165 e. The molecule has 1 heterocycles. The third kappa shape index (κ3) is 3.34. The fourth-order valence-corrected chi connectivity index (χ4v) is 2.36. The van der Waals surface area contributed by atoms with Crippen LogP contribution in [0.3, 0.4) is 0 Å². The molecule has 1 unspecified atom stereocenters. The van der Waals surface area contributed by atoms with Crippen molar-refractivity contribution in [3.63, 3.8) is 0 Å². The zero-order valence-corrected chi connectivity index (χ0v) is 12.1. The van der Waals surface area contributed by atoms with E-state index in [4.69, 9.17) is 0 Å². The van der Waals surface area contributed by atoms with Gasteiger partial charge in [-0.25, -0.2) is 0 Å². The smallest absolute Gasteiger partial charge is 0.165 e. The topological polar surface area (TPSA) is 42.7 Å². The molecule has 0 fully saturated rings. The lowest BCUT2D eigenvalue weighted by molar-refractivity contribution is 0.540. The average Bonchev–Trinajstić information content (AvgIpc) is 2.75. The van der Waals surface area contributed by atoms with Crippen LogP contribution in [0.25, 0.3) is 11.4 Å². The highest BCUT2D eigenvalue weighted by Crippen LogP contribution is 2.26. The summed E-state index contributed by atoms with van der Waals surface area (Å²) >= 11 is 0. The summed E-state index contributed by atoms with van der Waals surface area (Å²) < 4.78 is 1.94. The van der Waals surface area contributed by atoms with E-state index in [9.17, 15) is 0 Å². The molecule has 0 radical (unpaired) electrons. The van der Waals surface area contributed by atoms with E-state index in [1.54, 1.807) is 6.33 Å². The Morgan fingerprint density at radius 1 is 1.21 bits per heavy atom. The largest absolute Gasteiger partial charge is 0.382 e. The van der Waals surface area contributed by atoms with Crippen LogP contribution < -0.4 is 5.32 Å². The molecule has 1 aromatic heterocycles. The number of nitrogens with one attached hydrogen (secondary N) is 1. The monoisotopic (exact) mass is 258 g/mol. The minimum atomic E-state index is 0.439. The number of nitrogens with zero attached hydrogens (tertiary/aromatic N) is 3. The summed E-state index contributed by atoms with van der Waals surface area (Å²) in [5.41, 5.74) is 2.21. The molecule has 102 valence electrons. The van der Waals surface area contributed by atoms with Crippen LogP contribution in [0.1, 0.15) is 27.2 Å². The molecular weight excluding hydrogens is 236 g/mol. The van der Waals surface area contributed by atoms with E-state index in [1.165, 1.54) is 0 Å². The van der Waals surface area contributed by atoms with Gasteiger partial charge < -0.3 is 9.88 Å². The molecule has 19 heavy (non-hydrogen) atoms. The number of hydrogen-bond donors (Lipinski definition) is 1. The Balaban J connectivity index is 2.25. The van der Waals surface area contributed by atoms with Crippen molar-refractivity contribution in [2.75, 3.05) is 5.32 Å². The van der Waals surface area contributed by atoms with Crippen LogP contribution in [0.2, 0.25) is 0 Å². The van der Waals surface area contributed by atoms with Gasteiger partial charge in [-0.05, 0) is 31.4 Å². The fraction of sp³-hybridized carbons (Fsp3) is 0.467. The molecule has 0 saturated carbocycles. The summed E-state index contributed by atoms with van der Waals surface area (Å²) in [6, 6.07) is 8.69. The zero-order valence-electron chi connectivity index (χ0n) is 12.1. The summed E-state index contributed by atoms with van der Waals surface area (Å²) in [5.74, 6) is 1.57. The van der Waals surface area contributed by atoms with Crippen LogP contribution in [0.4, 0.5) is 5.69 Å². The van der Waals surface area contributed by atoms with Gasteiger partial charge in [-0.3, -0.25) is 0 Å². The molecule has 2 aromatic rings. The molecule has 0 saturated heterocycles. The van der Waals surface area contributed by atoms with Crippen molar-refractivity contribution in [1.82, 2.24) is 14.8 Å². The molecule has 0 aliphatic heterocycles. The van der Waals surface area contributed by atoms with Crippen molar-refractivity contribution in [1.29, 1.82) is 0 Å². The predicted octanol–water partition coefficient (Wildman–Crippen LogP) is 3.33. The standard InChI is InChI=1S/C15H22N4/c1-11(2)9-12(3)17-14-8-6-5-7-13(14)15-18-16-10-19(15)4/h5-8,10-12,17H,9H2,1-4H3. The number of hydrogen-bond acceptors (Lipinski definition) is 3. The third-order valence-electron chi connectivity index (χ3n) is 3.11. The Morgan fingerprint density at radius 2 is 1.95 bits per heavy atom. The summed E-state index contributed by atoms with van der Waals surface area (Å²) in [6.45, 7) is 6.70. The normalized spacial score (nSPS) is 12.7. The highest BCUT2D eigenvalue weighted by molar-refractivity contribution is 5.73. The molecule has 4 nitrogen and oxygen atoms in total. The molecule has 1 atom stereocenters. The second kappa shape index (κ2) is 5.87. The van der Waals surface area contributed by atoms with E-state index in [-0.39, 0.29) is 0 Å². The van der Waals surface area contributed by atoms with Gasteiger partial charge in [0.05, 0.1) is 0 Å². The van der Waals surface area contributed by atoms with Gasteiger partial charge in [0, 0.05) is 24.3 Å². The van der Waals surface area contributed by atoms with Gasteiger partial charge in [0.25, 0.3) is 0 Å². The van der Waals surface area contributed by atoms with Crippen LogP contribution in [-0.2, 0) is 7.05 Å². The van der Waals surface area contributed by atoms with Crippen LogP contribution in [0.15, 0.2) is 30.6 Å². The minimum Gasteiger partial charge on any atom is -0.382 e. The molecule has 4 heteroatoms.